The SMILES string of the molecule is CC(O)C(C(=S)OCc1ccc([N+](=O)[O-])cc1)C(NCc1ccccc1)C(C)Cc1ccccc1. The lowest BCUT2D eigenvalue weighted by molar-refractivity contribution is -0.384. The van der Waals surface area contributed by atoms with Crippen LogP contribution in [0.1, 0.15) is 30.5 Å². The smallest absolute Gasteiger partial charge is 0.269 e. The van der Waals surface area contributed by atoms with Gasteiger partial charge < -0.3 is 15.2 Å². The molecule has 0 saturated carbocycles. The van der Waals surface area contributed by atoms with Crippen LogP contribution in [0.5, 0.6) is 0 Å². The number of benzene rings is 3. The van der Waals surface area contributed by atoms with Crippen LogP contribution in [-0.2, 0) is 24.3 Å². The lowest BCUT2D eigenvalue weighted by Crippen LogP contribution is -2.49. The first-order chi connectivity index (χ1) is 16.8. The van der Waals surface area contributed by atoms with E-state index in [1.165, 1.54) is 17.7 Å². The van der Waals surface area contributed by atoms with E-state index in [0.29, 0.717) is 11.6 Å². The van der Waals surface area contributed by atoms with Crippen molar-refractivity contribution in [3.05, 3.63) is 112 Å². The summed E-state index contributed by atoms with van der Waals surface area (Å²) >= 11 is 5.68. The van der Waals surface area contributed by atoms with Crippen LogP contribution in [0.25, 0.3) is 0 Å². The molecule has 6 nitrogen and oxygen atoms in total. The third-order valence-electron chi connectivity index (χ3n) is 6.11. The zero-order valence-corrected chi connectivity index (χ0v) is 20.9. The first kappa shape index (κ1) is 26.5. The molecular weight excluding hydrogens is 460 g/mol. The van der Waals surface area contributed by atoms with Gasteiger partial charge in [-0.3, -0.25) is 10.1 Å². The quantitative estimate of drug-likeness (QED) is 0.198. The van der Waals surface area contributed by atoms with E-state index < -0.39 is 16.9 Å². The lowest BCUT2D eigenvalue weighted by Gasteiger charge is -2.35. The van der Waals surface area contributed by atoms with E-state index in [1.54, 1.807) is 19.1 Å². The van der Waals surface area contributed by atoms with E-state index in [0.717, 1.165) is 17.5 Å². The summed E-state index contributed by atoms with van der Waals surface area (Å²) in [6.07, 6.45) is 0.0902. The summed E-state index contributed by atoms with van der Waals surface area (Å²) in [5.41, 5.74) is 3.16. The molecule has 0 spiro atoms. The number of nitro groups is 1. The minimum absolute atomic E-state index is 0.0260. The molecule has 0 aromatic heterocycles. The molecule has 0 aliphatic heterocycles. The summed E-state index contributed by atoms with van der Waals surface area (Å²) in [5.74, 6) is -0.271. The van der Waals surface area contributed by atoms with Gasteiger partial charge in [-0.1, -0.05) is 67.6 Å². The molecule has 35 heavy (non-hydrogen) atoms. The lowest BCUT2D eigenvalue weighted by atomic mass is 9.83. The van der Waals surface area contributed by atoms with Crippen LogP contribution in [0.3, 0.4) is 0 Å². The molecule has 0 amide bonds. The molecule has 0 fully saturated rings. The Balaban J connectivity index is 1.75. The Bertz CT molecular complexity index is 1080. The Morgan fingerprint density at radius 3 is 2.06 bits per heavy atom. The molecule has 0 heterocycles. The van der Waals surface area contributed by atoms with Crippen LogP contribution in [-0.4, -0.2) is 27.2 Å². The molecule has 4 atom stereocenters. The molecule has 4 unspecified atom stereocenters. The topological polar surface area (TPSA) is 84.6 Å². The fraction of sp³-hybridized carbons (Fsp3) is 0.321. The van der Waals surface area contributed by atoms with E-state index in [9.17, 15) is 15.2 Å². The summed E-state index contributed by atoms with van der Waals surface area (Å²) in [6.45, 7) is 4.71. The number of aliphatic hydroxyl groups is 1. The van der Waals surface area contributed by atoms with Gasteiger partial charge in [-0.25, -0.2) is 0 Å². The molecule has 3 aromatic carbocycles. The number of non-ortho nitro benzene ring substituents is 1. The predicted octanol–water partition coefficient (Wildman–Crippen LogP) is 5.47. The zero-order valence-electron chi connectivity index (χ0n) is 20.0. The molecule has 0 aliphatic carbocycles. The van der Waals surface area contributed by atoms with Crippen molar-refractivity contribution in [2.45, 2.75) is 45.6 Å². The van der Waals surface area contributed by atoms with E-state index in [2.05, 4.69) is 36.5 Å². The number of nitro benzene ring substituents is 1. The number of hydrogen-bond donors (Lipinski definition) is 2. The standard InChI is InChI=1S/C28H32N2O4S/c1-20(17-22-9-5-3-6-10-22)27(29-18-23-11-7-4-8-12-23)26(21(2)31)28(35)34-19-24-13-15-25(16-14-24)30(32)33/h3-16,20-21,26-27,29,31H,17-19H2,1-2H3. The molecule has 0 aliphatic rings. The fourth-order valence-corrected chi connectivity index (χ4v) is 4.64. The maximum absolute atomic E-state index is 10.9. The molecule has 3 rings (SSSR count). The van der Waals surface area contributed by atoms with E-state index in [-0.39, 0.29) is 24.3 Å². The average molecular weight is 493 g/mol. The molecule has 3 aromatic rings. The Morgan fingerprint density at radius 2 is 1.51 bits per heavy atom. The van der Waals surface area contributed by atoms with Gasteiger partial charge in [-0.15, -0.1) is 0 Å². The second-order valence-corrected chi connectivity index (χ2v) is 9.26. The van der Waals surface area contributed by atoms with E-state index >= 15 is 0 Å². The van der Waals surface area contributed by atoms with Crippen LogP contribution in [0.2, 0.25) is 0 Å². The molecule has 7 heteroatoms. The van der Waals surface area contributed by atoms with Crippen LogP contribution < -0.4 is 5.32 Å². The number of aliphatic hydroxyl groups excluding tert-OH is 1. The Labute approximate surface area is 212 Å². The third kappa shape index (κ3) is 7.96. The molecule has 184 valence electrons. The van der Waals surface area contributed by atoms with Gasteiger partial charge in [0.1, 0.15) is 6.61 Å². The van der Waals surface area contributed by atoms with Crippen molar-refractivity contribution >= 4 is 23.0 Å². The second-order valence-electron chi connectivity index (χ2n) is 8.86. The summed E-state index contributed by atoms with van der Waals surface area (Å²) in [4.78, 5) is 10.5. The number of rotatable bonds is 12. The van der Waals surface area contributed by atoms with E-state index in [1.807, 2.05) is 36.4 Å². The summed E-state index contributed by atoms with van der Waals surface area (Å²) in [6, 6.07) is 26.4. The number of hydrogen-bond acceptors (Lipinski definition) is 6. The monoisotopic (exact) mass is 492 g/mol. The third-order valence-corrected chi connectivity index (χ3v) is 6.50. The largest absolute Gasteiger partial charge is 0.482 e. The summed E-state index contributed by atoms with van der Waals surface area (Å²) in [5, 5.41) is 25.6. The first-order valence-electron chi connectivity index (χ1n) is 11.7. The number of ether oxygens (including phenoxy) is 1. The van der Waals surface area contributed by atoms with Gasteiger partial charge >= 0.3 is 0 Å². The minimum Gasteiger partial charge on any atom is -0.482 e. The molecule has 0 bridgehead atoms. The van der Waals surface area contributed by atoms with Crippen molar-refractivity contribution in [1.29, 1.82) is 0 Å². The predicted molar refractivity (Wildman–Crippen MR) is 142 cm³/mol. The normalized spacial score (nSPS) is 14.5. The highest BCUT2D eigenvalue weighted by Crippen LogP contribution is 2.25. The highest BCUT2D eigenvalue weighted by atomic mass is 32.1. The maximum atomic E-state index is 10.9. The van der Waals surface area contributed by atoms with Crippen molar-refractivity contribution in [3.63, 3.8) is 0 Å². The van der Waals surface area contributed by atoms with Crippen LogP contribution in [0.15, 0.2) is 84.9 Å². The van der Waals surface area contributed by atoms with E-state index in [4.69, 9.17) is 17.0 Å². The van der Waals surface area contributed by atoms with Gasteiger partial charge in [0.15, 0.2) is 5.05 Å². The molecule has 2 N–H and O–H groups in total. The number of nitrogens with zero attached hydrogens (tertiary/aromatic N) is 1. The highest BCUT2D eigenvalue weighted by molar-refractivity contribution is 7.80. The van der Waals surface area contributed by atoms with Gasteiger partial charge in [0, 0.05) is 24.7 Å². The molecular formula is C28H32N2O4S. The number of nitrogens with one attached hydrogen (secondary N) is 1. The Hall–Kier alpha value is -3.13. The van der Waals surface area contributed by atoms with Gasteiger partial charge in [-0.2, -0.15) is 0 Å². The highest BCUT2D eigenvalue weighted by Gasteiger charge is 2.34. The van der Waals surface area contributed by atoms with Gasteiger partial charge in [0.2, 0.25) is 0 Å². The van der Waals surface area contributed by atoms with Crippen LogP contribution in [0.4, 0.5) is 5.69 Å². The Kier molecular flexibility index (Phi) is 9.90. The number of thiocarbonyl (C=S) groups is 1. The van der Waals surface area contributed by atoms with Gasteiger partial charge in [-0.05, 0) is 60.3 Å². The fourth-order valence-electron chi connectivity index (χ4n) is 4.23. The minimum atomic E-state index is -0.731. The maximum Gasteiger partial charge on any atom is 0.269 e. The van der Waals surface area contributed by atoms with Gasteiger partial charge in [0.25, 0.3) is 5.69 Å². The van der Waals surface area contributed by atoms with Crippen molar-refractivity contribution in [2.24, 2.45) is 11.8 Å². The van der Waals surface area contributed by atoms with Gasteiger partial charge in [0.05, 0.1) is 16.9 Å². The Morgan fingerprint density at radius 1 is 0.943 bits per heavy atom. The second kappa shape index (κ2) is 13.1. The average Bonchev–Trinajstić information content (AvgIpc) is 2.86. The van der Waals surface area contributed by atoms with Crippen molar-refractivity contribution in [2.75, 3.05) is 0 Å². The summed E-state index contributed by atoms with van der Waals surface area (Å²) < 4.78 is 5.95. The first-order valence-corrected chi connectivity index (χ1v) is 12.1. The van der Waals surface area contributed by atoms with Crippen LogP contribution >= 0.6 is 12.2 Å². The summed E-state index contributed by atoms with van der Waals surface area (Å²) in [7, 11) is 0. The van der Waals surface area contributed by atoms with Crippen molar-refractivity contribution in [1.82, 2.24) is 5.32 Å². The zero-order chi connectivity index (χ0) is 25.2. The van der Waals surface area contributed by atoms with Crippen LogP contribution in [0, 0.1) is 22.0 Å². The van der Waals surface area contributed by atoms with Crippen molar-refractivity contribution in [3.8, 4) is 0 Å². The molecule has 0 radical (unpaired) electrons. The van der Waals surface area contributed by atoms with Crippen molar-refractivity contribution < 1.29 is 14.8 Å². The molecule has 0 saturated heterocycles.